The smallest absolute Gasteiger partial charge is 0.195 e. The number of Topliss-reactive ketones (excluding diaryl/α,β-unsaturated/α-hetero) is 1. The van der Waals surface area contributed by atoms with Gasteiger partial charge in [-0.15, -0.1) is 5.56 Å². The molecule has 3 heteroatoms. The summed E-state index contributed by atoms with van der Waals surface area (Å²) in [7, 11) is 0. The van der Waals surface area contributed by atoms with Gasteiger partial charge in [0.15, 0.2) is 5.78 Å². The summed E-state index contributed by atoms with van der Waals surface area (Å²) in [6.07, 6.45) is 0. The molecule has 19 heavy (non-hydrogen) atoms. The van der Waals surface area contributed by atoms with Gasteiger partial charge >= 0.3 is 0 Å². The van der Waals surface area contributed by atoms with E-state index in [1.807, 2.05) is 19.1 Å². The maximum absolute atomic E-state index is 12.3. The number of carbonyl (C=O) groups is 1. The maximum Gasteiger partial charge on any atom is 0.195 e. The van der Waals surface area contributed by atoms with Crippen molar-refractivity contribution in [1.82, 2.24) is 0 Å². The van der Waals surface area contributed by atoms with E-state index in [1.165, 1.54) is 0 Å². The first-order valence-electron chi connectivity index (χ1n) is 5.74. The monoisotopic (exact) mass is 324 g/mol. The number of aliphatic hydroxyl groups is 1. The van der Waals surface area contributed by atoms with Crippen LogP contribution in [0.1, 0.15) is 27.0 Å². The Balaban J connectivity index is 0.00000133. The second-order valence-corrected chi connectivity index (χ2v) is 4.36. The van der Waals surface area contributed by atoms with E-state index < -0.39 is 0 Å². The third-order valence-electron chi connectivity index (χ3n) is 3.13. The summed E-state index contributed by atoms with van der Waals surface area (Å²) >= 11 is 0. The molecule has 1 aliphatic rings. The standard InChI is InChI=1S/C16H11O2.Y/c1-10-5-4-6-11(9-10)14-15(17)12-7-2-3-8-13(12)16(14)18;/h2-4,6-9,17H,1H3;/q-1;. The normalized spacial score (nSPS) is 13.2. The molecule has 0 bridgehead atoms. The third-order valence-corrected chi connectivity index (χ3v) is 3.13. The number of fused-ring (bicyclic) bond motifs is 1. The van der Waals surface area contributed by atoms with Crippen LogP contribution in [0.25, 0.3) is 11.3 Å². The van der Waals surface area contributed by atoms with Crippen molar-refractivity contribution in [2.45, 2.75) is 6.92 Å². The molecule has 3 rings (SSSR count). The molecule has 0 heterocycles. The van der Waals surface area contributed by atoms with Gasteiger partial charge in [-0.2, -0.15) is 29.8 Å². The largest absolute Gasteiger partial charge is 0.507 e. The van der Waals surface area contributed by atoms with Crippen LogP contribution in [0.4, 0.5) is 0 Å². The number of aryl methyl sites for hydroxylation is 1. The van der Waals surface area contributed by atoms with Gasteiger partial charge in [-0.1, -0.05) is 31.2 Å². The van der Waals surface area contributed by atoms with Gasteiger partial charge in [0.05, 0.1) is 0 Å². The molecule has 2 aromatic carbocycles. The van der Waals surface area contributed by atoms with E-state index >= 15 is 0 Å². The molecule has 0 fully saturated rings. The summed E-state index contributed by atoms with van der Waals surface area (Å²) in [5, 5.41) is 10.2. The quantitative estimate of drug-likeness (QED) is 0.816. The van der Waals surface area contributed by atoms with Gasteiger partial charge in [0.1, 0.15) is 5.76 Å². The van der Waals surface area contributed by atoms with Gasteiger partial charge in [-0.3, -0.25) is 4.79 Å². The molecule has 0 amide bonds. The van der Waals surface area contributed by atoms with E-state index in [4.69, 9.17) is 0 Å². The van der Waals surface area contributed by atoms with Crippen LogP contribution in [-0.4, -0.2) is 10.9 Å². The number of benzene rings is 2. The van der Waals surface area contributed by atoms with Crippen molar-refractivity contribution in [3.8, 4) is 0 Å². The Bertz CT molecular complexity index is 687. The number of carbonyl (C=O) groups excluding carboxylic acids is 1. The molecule has 1 aliphatic carbocycles. The Morgan fingerprint density at radius 3 is 2.42 bits per heavy atom. The molecule has 0 spiro atoms. The summed E-state index contributed by atoms with van der Waals surface area (Å²) in [6.45, 7) is 1.91. The zero-order chi connectivity index (χ0) is 12.7. The van der Waals surface area contributed by atoms with Gasteiger partial charge in [-0.25, -0.2) is 0 Å². The first-order valence-corrected chi connectivity index (χ1v) is 5.74. The van der Waals surface area contributed by atoms with Crippen molar-refractivity contribution in [3.63, 3.8) is 0 Å². The van der Waals surface area contributed by atoms with Crippen LogP contribution in [-0.2, 0) is 32.7 Å². The summed E-state index contributed by atoms with van der Waals surface area (Å²) in [5.41, 5.74) is 3.24. The fourth-order valence-corrected chi connectivity index (χ4v) is 2.27. The zero-order valence-corrected chi connectivity index (χ0v) is 13.3. The Morgan fingerprint density at radius 2 is 1.79 bits per heavy atom. The molecule has 0 aromatic heterocycles. The van der Waals surface area contributed by atoms with E-state index in [0.717, 1.165) is 11.1 Å². The van der Waals surface area contributed by atoms with Crippen LogP contribution in [0.5, 0.6) is 0 Å². The van der Waals surface area contributed by atoms with Crippen LogP contribution < -0.4 is 0 Å². The molecule has 2 nitrogen and oxygen atoms in total. The second kappa shape index (κ2) is 5.40. The van der Waals surface area contributed by atoms with Crippen molar-refractivity contribution in [2.24, 2.45) is 0 Å². The Kier molecular flexibility index (Phi) is 4.03. The van der Waals surface area contributed by atoms with Crippen LogP contribution in [0, 0.1) is 13.0 Å². The fraction of sp³-hybridized carbons (Fsp3) is 0.0625. The van der Waals surface area contributed by atoms with Crippen LogP contribution in [0.2, 0.25) is 0 Å². The predicted octanol–water partition coefficient (Wildman–Crippen LogP) is 3.42. The molecule has 0 saturated heterocycles. The van der Waals surface area contributed by atoms with E-state index in [0.29, 0.717) is 16.7 Å². The summed E-state index contributed by atoms with van der Waals surface area (Å²) in [4.78, 5) is 12.3. The number of ketones is 1. The SMILES string of the molecule is Cc1[c-]ccc(C2=C(O)c3ccccc3C2=O)c1.[Y]. The molecule has 0 unspecified atom stereocenters. The third kappa shape index (κ3) is 2.31. The minimum atomic E-state index is -0.117. The van der Waals surface area contributed by atoms with E-state index in [9.17, 15) is 9.90 Å². The molecule has 2 aromatic rings. The minimum absolute atomic E-state index is 0. The second-order valence-electron chi connectivity index (χ2n) is 4.36. The maximum atomic E-state index is 12.3. The van der Waals surface area contributed by atoms with Crippen molar-refractivity contribution < 1.29 is 42.6 Å². The molecule has 1 N–H and O–H groups in total. The number of allylic oxidation sites excluding steroid dienone is 1. The van der Waals surface area contributed by atoms with Gasteiger partial charge in [0, 0.05) is 49.4 Å². The average Bonchev–Trinajstić information content (AvgIpc) is 2.63. The van der Waals surface area contributed by atoms with E-state index in [2.05, 4.69) is 6.07 Å². The number of aliphatic hydroxyl groups excluding tert-OH is 1. The Morgan fingerprint density at radius 1 is 1.11 bits per heavy atom. The molecule has 0 atom stereocenters. The fourth-order valence-electron chi connectivity index (χ4n) is 2.27. The molecule has 0 aliphatic heterocycles. The van der Waals surface area contributed by atoms with Crippen LogP contribution >= 0.6 is 0 Å². The van der Waals surface area contributed by atoms with E-state index in [-0.39, 0.29) is 44.3 Å². The minimum Gasteiger partial charge on any atom is -0.507 e. The number of hydrogen-bond donors (Lipinski definition) is 1. The summed E-state index contributed by atoms with van der Waals surface area (Å²) in [6, 6.07) is 15.6. The van der Waals surface area contributed by atoms with Crippen LogP contribution in [0.15, 0.2) is 42.5 Å². The molecule has 0 saturated carbocycles. The first-order chi connectivity index (χ1) is 8.68. The summed E-state index contributed by atoms with van der Waals surface area (Å²) in [5.74, 6) is -0.0464. The van der Waals surface area contributed by atoms with Gasteiger partial charge < -0.3 is 5.11 Å². The van der Waals surface area contributed by atoms with Crippen molar-refractivity contribution in [1.29, 1.82) is 0 Å². The van der Waals surface area contributed by atoms with Gasteiger partial charge in [-0.05, 0) is 0 Å². The van der Waals surface area contributed by atoms with Crippen LogP contribution in [0.3, 0.4) is 0 Å². The molecule has 1 radical (unpaired) electrons. The molecular formula is C16H11O2Y-. The molecule has 91 valence electrons. The Hall–Kier alpha value is -1.25. The van der Waals surface area contributed by atoms with Crippen molar-refractivity contribution >= 4 is 17.1 Å². The summed E-state index contributed by atoms with van der Waals surface area (Å²) < 4.78 is 0. The number of hydrogen-bond acceptors (Lipinski definition) is 2. The Labute approximate surface area is 137 Å². The van der Waals surface area contributed by atoms with Crippen molar-refractivity contribution in [2.75, 3.05) is 0 Å². The predicted molar refractivity (Wildman–Crippen MR) is 70.2 cm³/mol. The average molecular weight is 324 g/mol. The van der Waals surface area contributed by atoms with Gasteiger partial charge in [0.2, 0.25) is 0 Å². The topological polar surface area (TPSA) is 37.3 Å². The number of rotatable bonds is 1. The molecular weight excluding hydrogens is 313 g/mol. The zero-order valence-electron chi connectivity index (χ0n) is 10.5. The first kappa shape index (κ1) is 14.2. The van der Waals surface area contributed by atoms with Gasteiger partial charge in [0.25, 0.3) is 0 Å². The van der Waals surface area contributed by atoms with Crippen molar-refractivity contribution in [3.05, 3.63) is 70.8 Å². The van der Waals surface area contributed by atoms with E-state index in [1.54, 1.807) is 30.3 Å².